The van der Waals surface area contributed by atoms with E-state index in [9.17, 15) is 4.79 Å². The summed E-state index contributed by atoms with van der Waals surface area (Å²) in [5.41, 5.74) is 3.32. The third-order valence-corrected chi connectivity index (χ3v) is 4.64. The van der Waals surface area contributed by atoms with Gasteiger partial charge in [-0.3, -0.25) is 4.79 Å². The number of hydrogen-bond acceptors (Lipinski definition) is 4. The zero-order chi connectivity index (χ0) is 19.8. The van der Waals surface area contributed by atoms with E-state index in [2.05, 4.69) is 15.6 Å². The number of hydrogen-bond donors (Lipinski definition) is 2. The fraction of sp³-hybridized carbons (Fsp3) is 0.182. The zero-order valence-corrected chi connectivity index (χ0v) is 16.4. The minimum atomic E-state index is -0.194. The van der Waals surface area contributed by atoms with E-state index in [4.69, 9.17) is 16.3 Å². The van der Waals surface area contributed by atoms with Gasteiger partial charge >= 0.3 is 0 Å². The van der Waals surface area contributed by atoms with Gasteiger partial charge in [-0.25, -0.2) is 4.98 Å². The number of pyridine rings is 1. The van der Waals surface area contributed by atoms with Gasteiger partial charge in [0.15, 0.2) is 0 Å². The number of rotatable bonds is 8. The van der Waals surface area contributed by atoms with Crippen molar-refractivity contribution in [3.05, 3.63) is 88.7 Å². The van der Waals surface area contributed by atoms with Gasteiger partial charge in [-0.15, -0.1) is 0 Å². The van der Waals surface area contributed by atoms with Crippen molar-refractivity contribution >= 4 is 23.2 Å². The SMILES string of the molecule is COc1cccc(CCNC(=O)c2ccc(NCc3ccccc3Cl)cn2)c1. The predicted octanol–water partition coefficient (Wildman–Crippen LogP) is 4.33. The zero-order valence-electron chi connectivity index (χ0n) is 15.6. The Morgan fingerprint density at radius 2 is 1.96 bits per heavy atom. The van der Waals surface area contributed by atoms with E-state index < -0.39 is 0 Å². The van der Waals surface area contributed by atoms with Gasteiger partial charge in [-0.05, 0) is 47.9 Å². The summed E-state index contributed by atoms with van der Waals surface area (Å²) in [5.74, 6) is 0.617. The van der Waals surface area contributed by atoms with Crippen LogP contribution in [-0.2, 0) is 13.0 Å². The highest BCUT2D eigenvalue weighted by molar-refractivity contribution is 6.31. The molecule has 3 aromatic rings. The first-order valence-electron chi connectivity index (χ1n) is 9.00. The molecule has 2 N–H and O–H groups in total. The highest BCUT2D eigenvalue weighted by Crippen LogP contribution is 2.17. The lowest BCUT2D eigenvalue weighted by atomic mass is 10.1. The van der Waals surface area contributed by atoms with E-state index in [1.807, 2.05) is 54.6 Å². The molecule has 0 bridgehead atoms. The van der Waals surface area contributed by atoms with E-state index >= 15 is 0 Å². The molecule has 0 aliphatic carbocycles. The summed E-state index contributed by atoms with van der Waals surface area (Å²) in [5, 5.41) is 6.86. The minimum Gasteiger partial charge on any atom is -0.497 e. The van der Waals surface area contributed by atoms with Gasteiger partial charge in [0.2, 0.25) is 0 Å². The molecule has 0 unspecified atom stereocenters. The third-order valence-electron chi connectivity index (χ3n) is 4.27. The second-order valence-corrected chi connectivity index (χ2v) is 6.64. The van der Waals surface area contributed by atoms with E-state index in [-0.39, 0.29) is 5.91 Å². The highest BCUT2D eigenvalue weighted by Gasteiger charge is 2.07. The van der Waals surface area contributed by atoms with Gasteiger partial charge in [-0.1, -0.05) is 41.9 Å². The smallest absolute Gasteiger partial charge is 0.269 e. The van der Waals surface area contributed by atoms with Gasteiger partial charge < -0.3 is 15.4 Å². The summed E-state index contributed by atoms with van der Waals surface area (Å²) in [6.45, 7) is 1.12. The van der Waals surface area contributed by atoms with Gasteiger partial charge in [0.05, 0.1) is 19.0 Å². The molecule has 5 nitrogen and oxygen atoms in total. The van der Waals surface area contributed by atoms with Crippen LogP contribution in [0.3, 0.4) is 0 Å². The summed E-state index contributed by atoms with van der Waals surface area (Å²) in [4.78, 5) is 16.5. The Kier molecular flexibility index (Phi) is 6.87. The van der Waals surface area contributed by atoms with Crippen molar-refractivity contribution in [1.82, 2.24) is 10.3 Å². The highest BCUT2D eigenvalue weighted by atomic mass is 35.5. The molecular formula is C22H22ClN3O2. The van der Waals surface area contributed by atoms with Crippen molar-refractivity contribution in [2.75, 3.05) is 19.0 Å². The fourth-order valence-corrected chi connectivity index (χ4v) is 2.91. The molecule has 1 heterocycles. The van der Waals surface area contributed by atoms with Gasteiger partial charge in [0.1, 0.15) is 11.4 Å². The molecule has 6 heteroatoms. The van der Waals surface area contributed by atoms with Crippen LogP contribution in [0.4, 0.5) is 5.69 Å². The second-order valence-electron chi connectivity index (χ2n) is 6.23. The monoisotopic (exact) mass is 395 g/mol. The summed E-state index contributed by atoms with van der Waals surface area (Å²) in [6.07, 6.45) is 2.37. The van der Waals surface area contributed by atoms with Crippen molar-refractivity contribution in [3.8, 4) is 5.75 Å². The average Bonchev–Trinajstić information content (AvgIpc) is 2.73. The molecule has 0 spiro atoms. The van der Waals surface area contributed by atoms with Crippen molar-refractivity contribution < 1.29 is 9.53 Å². The lowest BCUT2D eigenvalue weighted by Gasteiger charge is -2.09. The van der Waals surface area contributed by atoms with Gasteiger partial charge in [0.25, 0.3) is 5.91 Å². The first-order chi connectivity index (χ1) is 13.7. The molecule has 1 amide bonds. The Hall–Kier alpha value is -3.05. The lowest BCUT2D eigenvalue weighted by Crippen LogP contribution is -2.26. The van der Waals surface area contributed by atoms with Crippen LogP contribution >= 0.6 is 11.6 Å². The third kappa shape index (κ3) is 5.47. The Bertz CT molecular complexity index is 929. The Morgan fingerprint density at radius 1 is 1.11 bits per heavy atom. The molecule has 28 heavy (non-hydrogen) atoms. The normalized spacial score (nSPS) is 10.4. The number of halogens is 1. The van der Waals surface area contributed by atoms with Crippen LogP contribution in [-0.4, -0.2) is 24.5 Å². The molecule has 2 aromatic carbocycles. The Balaban J connectivity index is 1.48. The molecule has 0 aliphatic rings. The fourth-order valence-electron chi connectivity index (χ4n) is 2.71. The number of methoxy groups -OCH3 is 1. The number of ether oxygens (including phenoxy) is 1. The van der Waals surface area contributed by atoms with Crippen LogP contribution < -0.4 is 15.4 Å². The lowest BCUT2D eigenvalue weighted by molar-refractivity contribution is 0.0949. The quantitative estimate of drug-likeness (QED) is 0.596. The number of anilines is 1. The number of aromatic nitrogens is 1. The maximum atomic E-state index is 12.3. The van der Waals surface area contributed by atoms with Crippen LogP contribution in [0.1, 0.15) is 21.6 Å². The van der Waals surface area contributed by atoms with E-state index in [1.165, 1.54) is 0 Å². The second kappa shape index (κ2) is 9.76. The van der Waals surface area contributed by atoms with E-state index in [0.717, 1.165) is 34.0 Å². The maximum Gasteiger partial charge on any atom is 0.269 e. The van der Waals surface area contributed by atoms with Crippen LogP contribution in [0.2, 0.25) is 5.02 Å². The maximum absolute atomic E-state index is 12.3. The van der Waals surface area contributed by atoms with Crippen molar-refractivity contribution in [2.45, 2.75) is 13.0 Å². The average molecular weight is 396 g/mol. The van der Waals surface area contributed by atoms with Crippen molar-refractivity contribution in [1.29, 1.82) is 0 Å². The van der Waals surface area contributed by atoms with Crippen molar-refractivity contribution in [2.24, 2.45) is 0 Å². The molecule has 0 radical (unpaired) electrons. The topological polar surface area (TPSA) is 63.2 Å². The van der Waals surface area contributed by atoms with E-state index in [1.54, 1.807) is 19.4 Å². The van der Waals surface area contributed by atoms with Crippen LogP contribution in [0, 0.1) is 0 Å². The number of benzene rings is 2. The summed E-state index contributed by atoms with van der Waals surface area (Å²) >= 11 is 6.15. The molecule has 0 fully saturated rings. The molecule has 0 aliphatic heterocycles. The van der Waals surface area contributed by atoms with Crippen LogP contribution in [0.25, 0.3) is 0 Å². The molecule has 0 atom stereocenters. The molecule has 144 valence electrons. The number of nitrogens with one attached hydrogen (secondary N) is 2. The minimum absolute atomic E-state index is 0.194. The first kappa shape index (κ1) is 19.7. The Morgan fingerprint density at radius 3 is 2.71 bits per heavy atom. The van der Waals surface area contributed by atoms with Gasteiger partial charge in [0, 0.05) is 18.1 Å². The summed E-state index contributed by atoms with van der Waals surface area (Å²) in [7, 11) is 1.64. The standard InChI is InChI=1S/C22H22ClN3O2/c1-28-19-7-4-5-16(13-19)11-12-24-22(27)21-10-9-18(15-26-21)25-14-17-6-2-3-8-20(17)23/h2-10,13,15,25H,11-12,14H2,1H3,(H,24,27). The van der Waals surface area contributed by atoms with Gasteiger partial charge in [-0.2, -0.15) is 0 Å². The summed E-state index contributed by atoms with van der Waals surface area (Å²) in [6, 6.07) is 19.0. The number of carbonyl (C=O) groups is 1. The Labute approximate surface area is 169 Å². The number of nitrogens with zero attached hydrogens (tertiary/aromatic N) is 1. The van der Waals surface area contributed by atoms with Crippen molar-refractivity contribution in [3.63, 3.8) is 0 Å². The van der Waals surface area contributed by atoms with Crippen LogP contribution in [0.5, 0.6) is 5.75 Å². The van der Waals surface area contributed by atoms with Crippen LogP contribution in [0.15, 0.2) is 66.9 Å². The van der Waals surface area contributed by atoms with E-state index in [0.29, 0.717) is 18.8 Å². The number of amides is 1. The molecular weight excluding hydrogens is 374 g/mol. The number of carbonyl (C=O) groups excluding carboxylic acids is 1. The summed E-state index contributed by atoms with van der Waals surface area (Å²) < 4.78 is 5.21. The largest absolute Gasteiger partial charge is 0.497 e. The predicted molar refractivity (Wildman–Crippen MR) is 112 cm³/mol. The molecule has 3 rings (SSSR count). The molecule has 1 aromatic heterocycles. The molecule has 0 saturated carbocycles. The first-order valence-corrected chi connectivity index (χ1v) is 9.38. The molecule has 0 saturated heterocycles.